The molecule has 2 aromatic rings. The molecule has 2 atom stereocenters. The number of aliphatic hydroxyl groups excluding tert-OH is 1. The van der Waals surface area contributed by atoms with E-state index < -0.39 is 0 Å². The van der Waals surface area contributed by atoms with Gasteiger partial charge in [-0.15, -0.1) is 0 Å². The number of aliphatic hydroxyl groups is 1. The highest BCUT2D eigenvalue weighted by Crippen LogP contribution is 2.28. The summed E-state index contributed by atoms with van der Waals surface area (Å²) in [6, 6.07) is 10.6. The fourth-order valence-electron chi connectivity index (χ4n) is 2.72. The lowest BCUT2D eigenvalue weighted by Gasteiger charge is -2.13. The van der Waals surface area contributed by atoms with Gasteiger partial charge in [-0.05, 0) is 37.3 Å². The molecule has 0 aliphatic heterocycles. The van der Waals surface area contributed by atoms with Crippen LogP contribution in [0.15, 0.2) is 42.7 Å². The van der Waals surface area contributed by atoms with Crippen molar-refractivity contribution in [1.29, 1.82) is 0 Å². The van der Waals surface area contributed by atoms with Crippen LogP contribution in [0.1, 0.15) is 29.6 Å². The van der Waals surface area contributed by atoms with Crippen LogP contribution < -0.4 is 10.1 Å². The molecule has 1 aliphatic carbocycles. The summed E-state index contributed by atoms with van der Waals surface area (Å²) in [4.78, 5) is 20.2. The number of anilines is 1. The molecule has 0 spiro atoms. The first-order valence-corrected chi connectivity index (χ1v) is 7.70. The molecule has 3 rings (SSSR count). The van der Waals surface area contributed by atoms with E-state index in [-0.39, 0.29) is 18.6 Å². The molecule has 0 bridgehead atoms. The molecule has 6 heteroatoms. The van der Waals surface area contributed by atoms with Gasteiger partial charge in [0.15, 0.2) is 0 Å². The molecule has 2 N–H and O–H groups in total. The monoisotopic (exact) mass is 313 g/mol. The van der Waals surface area contributed by atoms with Gasteiger partial charge in [0.25, 0.3) is 5.91 Å². The van der Waals surface area contributed by atoms with Crippen LogP contribution in [-0.2, 0) is 0 Å². The number of aromatic nitrogens is 2. The number of hydrogen-bond donors (Lipinski definition) is 2. The van der Waals surface area contributed by atoms with E-state index >= 15 is 0 Å². The van der Waals surface area contributed by atoms with E-state index in [2.05, 4.69) is 15.3 Å². The van der Waals surface area contributed by atoms with Crippen molar-refractivity contribution in [1.82, 2.24) is 9.97 Å². The summed E-state index contributed by atoms with van der Waals surface area (Å²) in [6.45, 7) is 0.196. The molecule has 1 amide bonds. The van der Waals surface area contributed by atoms with Crippen molar-refractivity contribution in [3.63, 3.8) is 0 Å². The summed E-state index contributed by atoms with van der Waals surface area (Å²) in [7, 11) is 0. The molecular weight excluding hydrogens is 294 g/mol. The number of benzene rings is 1. The summed E-state index contributed by atoms with van der Waals surface area (Å²) in [6.07, 6.45) is 4.12. The number of nitrogens with zero attached hydrogens (tertiary/aromatic N) is 2. The van der Waals surface area contributed by atoms with E-state index in [0.717, 1.165) is 19.3 Å². The smallest absolute Gasteiger partial charge is 0.256 e. The number of hydrogen-bond acceptors (Lipinski definition) is 5. The molecule has 6 nitrogen and oxygen atoms in total. The summed E-state index contributed by atoms with van der Waals surface area (Å²) in [5.41, 5.74) is 0.565. The standard InChI is InChI=1S/C17H19N3O3/c21-10-12-6-7-14(8-12)23-16-9-15(18-11-19-16)20-17(22)13-4-2-1-3-5-13/h1-5,9,11-12,14,21H,6-8,10H2,(H,18,19,20,22)/t12-,14+/m1/s1. The highest BCUT2D eigenvalue weighted by atomic mass is 16.5. The quantitative estimate of drug-likeness (QED) is 0.884. The third-order valence-electron chi connectivity index (χ3n) is 3.96. The van der Waals surface area contributed by atoms with E-state index in [9.17, 15) is 9.90 Å². The van der Waals surface area contributed by atoms with E-state index in [1.165, 1.54) is 6.33 Å². The fourth-order valence-corrected chi connectivity index (χ4v) is 2.72. The van der Waals surface area contributed by atoms with Gasteiger partial charge in [0.05, 0.1) is 0 Å². The summed E-state index contributed by atoms with van der Waals surface area (Å²) >= 11 is 0. The fraction of sp³-hybridized carbons (Fsp3) is 0.353. The molecule has 1 aliphatic rings. The Balaban J connectivity index is 1.62. The minimum atomic E-state index is -0.225. The third-order valence-corrected chi connectivity index (χ3v) is 3.96. The van der Waals surface area contributed by atoms with E-state index in [4.69, 9.17) is 4.74 Å². The Morgan fingerprint density at radius 3 is 2.83 bits per heavy atom. The van der Waals surface area contributed by atoms with Crippen LogP contribution in [0.5, 0.6) is 5.88 Å². The minimum Gasteiger partial charge on any atom is -0.474 e. The molecule has 120 valence electrons. The maximum absolute atomic E-state index is 12.1. The second-order valence-corrected chi connectivity index (χ2v) is 5.66. The maximum atomic E-state index is 12.1. The highest BCUT2D eigenvalue weighted by Gasteiger charge is 2.25. The lowest BCUT2D eigenvalue weighted by Crippen LogP contribution is -2.16. The average Bonchev–Trinajstić information content (AvgIpc) is 3.03. The second kappa shape index (κ2) is 7.19. The highest BCUT2D eigenvalue weighted by molar-refractivity contribution is 6.03. The Hall–Kier alpha value is -2.47. The number of carbonyl (C=O) groups excluding carboxylic acids is 1. The Labute approximate surface area is 134 Å². The average molecular weight is 313 g/mol. The SMILES string of the molecule is O=C(Nc1cc(O[C@H]2CC[C@@H](CO)C2)ncn1)c1ccccc1. The molecule has 1 fully saturated rings. The van der Waals surface area contributed by atoms with Crippen LogP contribution in [0.2, 0.25) is 0 Å². The van der Waals surface area contributed by atoms with Crippen molar-refractivity contribution in [2.45, 2.75) is 25.4 Å². The van der Waals surface area contributed by atoms with Crippen molar-refractivity contribution in [2.24, 2.45) is 5.92 Å². The van der Waals surface area contributed by atoms with Crippen molar-refractivity contribution >= 4 is 11.7 Å². The molecule has 1 saturated carbocycles. The van der Waals surface area contributed by atoms with Crippen molar-refractivity contribution < 1.29 is 14.6 Å². The topological polar surface area (TPSA) is 84.3 Å². The van der Waals surface area contributed by atoms with Crippen LogP contribution in [0.4, 0.5) is 5.82 Å². The zero-order valence-electron chi connectivity index (χ0n) is 12.7. The molecule has 0 radical (unpaired) electrons. The number of carbonyl (C=O) groups is 1. The van der Waals surface area contributed by atoms with Crippen molar-refractivity contribution in [2.75, 3.05) is 11.9 Å². The predicted octanol–water partition coefficient (Wildman–Crippen LogP) is 2.27. The van der Waals surface area contributed by atoms with Gasteiger partial charge in [-0.3, -0.25) is 4.79 Å². The van der Waals surface area contributed by atoms with Gasteiger partial charge < -0.3 is 15.2 Å². The molecule has 0 saturated heterocycles. The molecule has 1 heterocycles. The van der Waals surface area contributed by atoms with Crippen LogP contribution in [0.25, 0.3) is 0 Å². The second-order valence-electron chi connectivity index (χ2n) is 5.66. The van der Waals surface area contributed by atoms with E-state index in [1.807, 2.05) is 6.07 Å². The maximum Gasteiger partial charge on any atom is 0.256 e. The predicted molar refractivity (Wildman–Crippen MR) is 85.3 cm³/mol. The zero-order chi connectivity index (χ0) is 16.1. The Kier molecular flexibility index (Phi) is 4.83. The van der Waals surface area contributed by atoms with Gasteiger partial charge in [-0.1, -0.05) is 18.2 Å². The van der Waals surface area contributed by atoms with Crippen LogP contribution in [-0.4, -0.2) is 33.7 Å². The van der Waals surface area contributed by atoms with Gasteiger partial charge >= 0.3 is 0 Å². The first-order valence-electron chi connectivity index (χ1n) is 7.70. The summed E-state index contributed by atoms with van der Waals surface area (Å²) < 4.78 is 5.82. The molecule has 1 aromatic heterocycles. The van der Waals surface area contributed by atoms with Gasteiger partial charge in [0.2, 0.25) is 5.88 Å². The number of rotatable bonds is 5. The largest absolute Gasteiger partial charge is 0.474 e. The zero-order valence-corrected chi connectivity index (χ0v) is 12.7. The first-order chi connectivity index (χ1) is 11.2. The Bertz CT molecular complexity index is 663. The van der Waals surface area contributed by atoms with Crippen LogP contribution in [0, 0.1) is 5.92 Å². The Morgan fingerprint density at radius 2 is 2.09 bits per heavy atom. The lowest BCUT2D eigenvalue weighted by molar-refractivity contribution is 0.102. The number of ether oxygens (including phenoxy) is 1. The molecule has 0 unspecified atom stereocenters. The molecular formula is C17H19N3O3. The first kappa shape index (κ1) is 15.4. The summed E-state index contributed by atoms with van der Waals surface area (Å²) in [5, 5.41) is 11.9. The van der Waals surface area contributed by atoms with Gasteiger partial charge in [0, 0.05) is 18.2 Å². The summed E-state index contributed by atoms with van der Waals surface area (Å²) in [5.74, 6) is 0.920. The normalized spacial score (nSPS) is 20.2. The number of nitrogens with one attached hydrogen (secondary N) is 1. The molecule has 1 aromatic carbocycles. The van der Waals surface area contributed by atoms with Gasteiger partial charge in [0.1, 0.15) is 18.2 Å². The minimum absolute atomic E-state index is 0.0553. The van der Waals surface area contributed by atoms with Crippen molar-refractivity contribution in [3.8, 4) is 5.88 Å². The lowest BCUT2D eigenvalue weighted by atomic mass is 10.1. The third kappa shape index (κ3) is 4.04. The van der Waals surface area contributed by atoms with Crippen LogP contribution in [0.3, 0.4) is 0 Å². The van der Waals surface area contributed by atoms with Crippen molar-refractivity contribution in [3.05, 3.63) is 48.3 Å². The van der Waals surface area contributed by atoms with Gasteiger partial charge in [-0.2, -0.15) is 0 Å². The van der Waals surface area contributed by atoms with Crippen LogP contribution >= 0.6 is 0 Å². The van der Waals surface area contributed by atoms with E-state index in [1.54, 1.807) is 30.3 Å². The van der Waals surface area contributed by atoms with Gasteiger partial charge in [-0.25, -0.2) is 9.97 Å². The Morgan fingerprint density at radius 1 is 1.26 bits per heavy atom. The number of amides is 1. The molecule has 23 heavy (non-hydrogen) atoms. The van der Waals surface area contributed by atoms with E-state index in [0.29, 0.717) is 23.2 Å².